The summed E-state index contributed by atoms with van der Waals surface area (Å²) >= 11 is 0. The van der Waals surface area contributed by atoms with Crippen molar-refractivity contribution >= 4 is 23.0 Å². The highest BCUT2D eigenvalue weighted by molar-refractivity contribution is 6.36. The lowest BCUT2D eigenvalue weighted by molar-refractivity contribution is -0.112. The van der Waals surface area contributed by atoms with E-state index >= 15 is 0 Å². The van der Waals surface area contributed by atoms with Crippen LogP contribution in [0, 0.1) is 0 Å². The molecule has 1 N–H and O–H groups in total. The first-order valence-electron chi connectivity index (χ1n) is 6.40. The standard InChI is InChI=1S/C17H13NO2/c1-11-13-9-5-6-10-14(13)16(19)15(11)17(20)18-12-7-3-2-4-8-12/h2-10H,1H3,(H,18,20). The van der Waals surface area contributed by atoms with Crippen LogP contribution in [0.4, 0.5) is 5.69 Å². The zero-order valence-corrected chi connectivity index (χ0v) is 11.0. The van der Waals surface area contributed by atoms with Gasteiger partial charge in [0.25, 0.3) is 5.91 Å². The molecule has 20 heavy (non-hydrogen) atoms. The number of anilines is 1. The molecule has 0 aromatic heterocycles. The molecule has 0 aliphatic heterocycles. The fourth-order valence-electron chi connectivity index (χ4n) is 2.44. The highest BCUT2D eigenvalue weighted by atomic mass is 16.2. The largest absolute Gasteiger partial charge is 0.322 e. The lowest BCUT2D eigenvalue weighted by atomic mass is 10.1. The van der Waals surface area contributed by atoms with Crippen molar-refractivity contribution < 1.29 is 9.59 Å². The number of nitrogens with one attached hydrogen (secondary N) is 1. The Bertz CT molecular complexity index is 730. The van der Waals surface area contributed by atoms with E-state index in [1.807, 2.05) is 43.3 Å². The predicted octanol–water partition coefficient (Wildman–Crippen LogP) is 3.30. The molecule has 0 atom stereocenters. The lowest BCUT2D eigenvalue weighted by Crippen LogP contribution is -2.18. The molecule has 0 heterocycles. The monoisotopic (exact) mass is 263 g/mol. The van der Waals surface area contributed by atoms with E-state index in [1.54, 1.807) is 18.2 Å². The number of fused-ring (bicyclic) bond motifs is 1. The Hall–Kier alpha value is -2.68. The van der Waals surface area contributed by atoms with E-state index in [2.05, 4.69) is 5.32 Å². The topological polar surface area (TPSA) is 46.2 Å². The number of benzene rings is 2. The second kappa shape index (κ2) is 4.78. The van der Waals surface area contributed by atoms with Gasteiger partial charge in [-0.05, 0) is 30.2 Å². The zero-order valence-electron chi connectivity index (χ0n) is 11.0. The van der Waals surface area contributed by atoms with Crippen LogP contribution < -0.4 is 5.32 Å². The van der Waals surface area contributed by atoms with Crippen molar-refractivity contribution in [3.8, 4) is 0 Å². The van der Waals surface area contributed by atoms with Crippen molar-refractivity contribution in [1.82, 2.24) is 0 Å². The number of para-hydroxylation sites is 1. The molecule has 3 heteroatoms. The summed E-state index contributed by atoms with van der Waals surface area (Å²) in [4.78, 5) is 24.6. The summed E-state index contributed by atoms with van der Waals surface area (Å²) < 4.78 is 0. The number of carbonyl (C=O) groups excluding carboxylic acids is 2. The minimum absolute atomic E-state index is 0.202. The van der Waals surface area contributed by atoms with Crippen molar-refractivity contribution in [3.05, 3.63) is 71.3 Å². The van der Waals surface area contributed by atoms with Gasteiger partial charge in [0.05, 0.1) is 5.57 Å². The van der Waals surface area contributed by atoms with Crippen molar-refractivity contribution in [2.45, 2.75) is 6.92 Å². The fourth-order valence-corrected chi connectivity index (χ4v) is 2.44. The first-order valence-corrected chi connectivity index (χ1v) is 6.40. The van der Waals surface area contributed by atoms with Crippen molar-refractivity contribution in [3.63, 3.8) is 0 Å². The van der Waals surface area contributed by atoms with Gasteiger partial charge < -0.3 is 5.32 Å². The summed E-state index contributed by atoms with van der Waals surface area (Å²) in [5, 5.41) is 2.76. The summed E-state index contributed by atoms with van der Waals surface area (Å²) in [5.74, 6) is -0.554. The number of carbonyl (C=O) groups is 2. The third-order valence-electron chi connectivity index (χ3n) is 3.44. The van der Waals surface area contributed by atoms with E-state index in [4.69, 9.17) is 0 Å². The van der Waals surface area contributed by atoms with Gasteiger partial charge in [0.2, 0.25) is 0 Å². The van der Waals surface area contributed by atoms with E-state index in [-0.39, 0.29) is 17.3 Å². The van der Waals surface area contributed by atoms with Gasteiger partial charge in [-0.15, -0.1) is 0 Å². The number of hydrogen-bond donors (Lipinski definition) is 1. The lowest BCUT2D eigenvalue weighted by Gasteiger charge is -2.05. The predicted molar refractivity (Wildman–Crippen MR) is 78.4 cm³/mol. The minimum atomic E-state index is -0.352. The van der Waals surface area contributed by atoms with Crippen LogP contribution in [0.25, 0.3) is 5.57 Å². The number of ketones is 1. The van der Waals surface area contributed by atoms with Gasteiger partial charge in [0.15, 0.2) is 5.78 Å². The number of hydrogen-bond acceptors (Lipinski definition) is 2. The Morgan fingerprint density at radius 1 is 0.900 bits per heavy atom. The summed E-state index contributed by atoms with van der Waals surface area (Å²) in [7, 11) is 0. The Balaban J connectivity index is 1.94. The second-order valence-corrected chi connectivity index (χ2v) is 4.69. The highest BCUT2D eigenvalue weighted by Crippen LogP contribution is 2.32. The first kappa shape index (κ1) is 12.4. The third kappa shape index (κ3) is 1.93. The van der Waals surface area contributed by atoms with Crippen LogP contribution in [-0.2, 0) is 4.79 Å². The Morgan fingerprint density at radius 3 is 2.15 bits per heavy atom. The second-order valence-electron chi connectivity index (χ2n) is 4.69. The summed E-state index contributed by atoms with van der Waals surface area (Å²) in [6.07, 6.45) is 0. The minimum Gasteiger partial charge on any atom is -0.322 e. The van der Waals surface area contributed by atoms with E-state index < -0.39 is 0 Å². The van der Waals surface area contributed by atoms with Crippen molar-refractivity contribution in [2.75, 3.05) is 5.32 Å². The Kier molecular flexibility index (Phi) is 2.95. The number of Topliss-reactive ketones (excluding diaryl/α,β-unsaturated/α-hetero) is 1. The van der Waals surface area contributed by atoms with Gasteiger partial charge >= 0.3 is 0 Å². The molecule has 2 aromatic carbocycles. The third-order valence-corrected chi connectivity index (χ3v) is 3.44. The molecule has 1 aliphatic carbocycles. The van der Waals surface area contributed by atoms with Crippen LogP contribution >= 0.6 is 0 Å². The van der Waals surface area contributed by atoms with Gasteiger partial charge in [-0.3, -0.25) is 9.59 Å². The van der Waals surface area contributed by atoms with Crippen LogP contribution in [0.5, 0.6) is 0 Å². The molecule has 2 aromatic rings. The van der Waals surface area contributed by atoms with Crippen molar-refractivity contribution in [2.24, 2.45) is 0 Å². The molecule has 0 saturated carbocycles. The maximum Gasteiger partial charge on any atom is 0.259 e. The van der Waals surface area contributed by atoms with Gasteiger partial charge in [-0.25, -0.2) is 0 Å². The maximum absolute atomic E-state index is 12.3. The zero-order chi connectivity index (χ0) is 14.1. The number of amides is 1. The molecule has 3 rings (SSSR count). The summed E-state index contributed by atoms with van der Waals surface area (Å²) in [6, 6.07) is 16.4. The fraction of sp³-hybridized carbons (Fsp3) is 0.0588. The Morgan fingerprint density at radius 2 is 1.50 bits per heavy atom. The van der Waals surface area contributed by atoms with E-state index in [9.17, 15) is 9.59 Å². The van der Waals surface area contributed by atoms with Gasteiger partial charge in [-0.1, -0.05) is 42.5 Å². The average molecular weight is 263 g/mol. The van der Waals surface area contributed by atoms with Gasteiger partial charge in [-0.2, -0.15) is 0 Å². The molecule has 0 spiro atoms. The molecule has 1 amide bonds. The van der Waals surface area contributed by atoms with E-state index in [0.29, 0.717) is 11.3 Å². The molecule has 0 bridgehead atoms. The van der Waals surface area contributed by atoms with Crippen LogP contribution in [0.15, 0.2) is 60.2 Å². The molecule has 1 aliphatic rings. The quantitative estimate of drug-likeness (QED) is 0.845. The average Bonchev–Trinajstić information content (AvgIpc) is 2.72. The maximum atomic E-state index is 12.3. The summed E-state index contributed by atoms with van der Waals surface area (Å²) in [5.41, 5.74) is 3.09. The highest BCUT2D eigenvalue weighted by Gasteiger charge is 2.31. The van der Waals surface area contributed by atoms with Crippen molar-refractivity contribution in [1.29, 1.82) is 0 Å². The van der Waals surface area contributed by atoms with Crippen LogP contribution in [0.1, 0.15) is 22.8 Å². The molecular weight excluding hydrogens is 250 g/mol. The van der Waals surface area contributed by atoms with Gasteiger partial charge in [0, 0.05) is 11.3 Å². The van der Waals surface area contributed by atoms with Crippen LogP contribution in [0.2, 0.25) is 0 Å². The Labute approximate surface area is 116 Å². The molecule has 0 fully saturated rings. The SMILES string of the molecule is CC1=C(C(=O)Nc2ccccc2)C(=O)c2ccccc21. The number of rotatable bonds is 2. The van der Waals surface area contributed by atoms with E-state index in [0.717, 1.165) is 11.1 Å². The van der Waals surface area contributed by atoms with Crippen LogP contribution in [-0.4, -0.2) is 11.7 Å². The smallest absolute Gasteiger partial charge is 0.259 e. The molecule has 0 unspecified atom stereocenters. The molecule has 0 radical (unpaired) electrons. The normalized spacial score (nSPS) is 13.3. The van der Waals surface area contributed by atoms with E-state index in [1.165, 1.54) is 0 Å². The molecule has 3 nitrogen and oxygen atoms in total. The molecular formula is C17H13NO2. The first-order chi connectivity index (χ1) is 9.68. The molecule has 98 valence electrons. The van der Waals surface area contributed by atoms with Gasteiger partial charge in [0.1, 0.15) is 0 Å². The van der Waals surface area contributed by atoms with Crippen LogP contribution in [0.3, 0.4) is 0 Å². The molecule has 0 saturated heterocycles. The number of allylic oxidation sites excluding steroid dienone is 1. The summed E-state index contributed by atoms with van der Waals surface area (Å²) in [6.45, 7) is 1.81.